The number of carbonyl (C=O) groups excluding carboxylic acids is 3. The number of rotatable bonds is 8. The van der Waals surface area contributed by atoms with E-state index in [9.17, 15) is 23.2 Å². The number of piperidine rings is 1. The summed E-state index contributed by atoms with van der Waals surface area (Å²) < 4.78 is 33.2. The van der Waals surface area contributed by atoms with Gasteiger partial charge >= 0.3 is 0 Å². The maximum atomic E-state index is 13.9. The van der Waals surface area contributed by atoms with Crippen molar-refractivity contribution in [2.24, 2.45) is 5.92 Å². The predicted octanol–water partition coefficient (Wildman–Crippen LogP) is 0.265. The van der Waals surface area contributed by atoms with E-state index in [2.05, 4.69) is 30.2 Å². The molecule has 0 atom stereocenters. The number of anilines is 3. The third-order valence-electron chi connectivity index (χ3n) is 8.01. The van der Waals surface area contributed by atoms with E-state index in [1.807, 2.05) is 9.80 Å². The fraction of sp³-hybridized carbons (Fsp3) is 0.571. The summed E-state index contributed by atoms with van der Waals surface area (Å²) in [6.45, 7) is 6.09. The van der Waals surface area contributed by atoms with Crippen LogP contribution < -0.4 is 20.9 Å². The number of halogens is 2. The Hall–Kier alpha value is -4.54. The summed E-state index contributed by atoms with van der Waals surface area (Å²) in [5.74, 6) is -0.413. The van der Waals surface area contributed by atoms with Crippen molar-refractivity contribution in [3.8, 4) is 11.4 Å². The van der Waals surface area contributed by atoms with Crippen LogP contribution in [0.3, 0.4) is 0 Å². The molecule has 15 nitrogen and oxygen atoms in total. The molecule has 0 radical (unpaired) electrons. The summed E-state index contributed by atoms with van der Waals surface area (Å²) in [5.41, 5.74) is 4.95. The lowest BCUT2D eigenvalue weighted by Gasteiger charge is -2.35. The molecule has 17 heteroatoms. The van der Waals surface area contributed by atoms with E-state index in [1.54, 1.807) is 22.8 Å². The molecule has 0 aliphatic carbocycles. The van der Waals surface area contributed by atoms with Crippen molar-refractivity contribution in [2.75, 3.05) is 87.7 Å². The molecule has 3 aliphatic heterocycles. The summed E-state index contributed by atoms with van der Waals surface area (Å²) in [5, 5.41) is 2.76. The highest BCUT2D eigenvalue weighted by atomic mass is 19.3. The number of likely N-dealkylation sites (tertiary alicyclic amines) is 1. The first-order valence-electron chi connectivity index (χ1n) is 14.9. The minimum absolute atomic E-state index is 0.00459. The largest absolute Gasteiger partial charge is 0.378 e. The third kappa shape index (κ3) is 7.76. The molecule has 2 aromatic heterocycles. The molecule has 2 aromatic rings. The molecule has 3 fully saturated rings. The van der Waals surface area contributed by atoms with Crippen molar-refractivity contribution in [1.29, 1.82) is 0 Å². The molecule has 0 unspecified atom stereocenters. The Bertz CT molecular complexity index is 1410. The maximum Gasteiger partial charge on any atom is 0.281 e. The van der Waals surface area contributed by atoms with Crippen molar-refractivity contribution in [1.82, 2.24) is 40.0 Å². The molecule has 3 saturated heterocycles. The SMILES string of the molecule is C/C=C/C(=O)N1CCC(C(=O)NCC(=O)N2CCN(c3nc(-c4cnc(N)nc4C(F)F)nc(N4CCOCC4)n3)CC2)CC1. The summed E-state index contributed by atoms with van der Waals surface area (Å²) in [4.78, 5) is 66.0. The lowest BCUT2D eigenvalue weighted by molar-refractivity contribution is -0.135. The van der Waals surface area contributed by atoms with Gasteiger partial charge in [-0.2, -0.15) is 15.0 Å². The zero-order chi connectivity index (χ0) is 31.9. The maximum absolute atomic E-state index is 13.9. The second-order valence-electron chi connectivity index (χ2n) is 10.9. The highest BCUT2D eigenvalue weighted by Gasteiger charge is 2.29. The van der Waals surface area contributed by atoms with Crippen LogP contribution in [0.1, 0.15) is 31.9 Å². The average Bonchev–Trinajstić information content (AvgIpc) is 3.07. The predicted molar refractivity (Wildman–Crippen MR) is 159 cm³/mol. The fourth-order valence-corrected chi connectivity index (χ4v) is 5.45. The molecular weight excluding hydrogens is 592 g/mol. The van der Waals surface area contributed by atoms with Crippen molar-refractivity contribution in [3.63, 3.8) is 0 Å². The second kappa shape index (κ2) is 14.5. The van der Waals surface area contributed by atoms with Gasteiger partial charge in [0.15, 0.2) is 5.82 Å². The van der Waals surface area contributed by atoms with E-state index in [0.717, 1.165) is 0 Å². The number of ether oxygens (including phenoxy) is 1. The Morgan fingerprint density at radius 3 is 2.22 bits per heavy atom. The molecule has 0 bridgehead atoms. The number of hydrogen-bond donors (Lipinski definition) is 2. The molecule has 0 spiro atoms. The number of hydrogen-bond acceptors (Lipinski definition) is 12. The Kier molecular flexibility index (Phi) is 10.3. The molecule has 3 amide bonds. The number of nitrogens with one attached hydrogen (secondary N) is 1. The molecule has 0 aromatic carbocycles. The van der Waals surface area contributed by atoms with Crippen LogP contribution in [-0.4, -0.2) is 125 Å². The van der Waals surface area contributed by atoms with Crippen LogP contribution >= 0.6 is 0 Å². The van der Waals surface area contributed by atoms with Crippen LogP contribution in [0.5, 0.6) is 0 Å². The van der Waals surface area contributed by atoms with E-state index in [0.29, 0.717) is 84.4 Å². The van der Waals surface area contributed by atoms with Gasteiger partial charge in [0.05, 0.1) is 25.3 Å². The molecule has 242 valence electrons. The van der Waals surface area contributed by atoms with Gasteiger partial charge in [-0.15, -0.1) is 0 Å². The number of nitrogens with two attached hydrogens (primary N) is 1. The Labute approximate surface area is 258 Å². The van der Waals surface area contributed by atoms with Crippen LogP contribution in [0.2, 0.25) is 0 Å². The Morgan fingerprint density at radius 1 is 0.956 bits per heavy atom. The van der Waals surface area contributed by atoms with Crippen LogP contribution in [-0.2, 0) is 19.1 Å². The van der Waals surface area contributed by atoms with Gasteiger partial charge in [-0.25, -0.2) is 18.7 Å². The first-order chi connectivity index (χ1) is 21.7. The van der Waals surface area contributed by atoms with Gasteiger partial charge in [0.2, 0.25) is 35.6 Å². The highest BCUT2D eigenvalue weighted by molar-refractivity contribution is 5.88. The van der Waals surface area contributed by atoms with Gasteiger partial charge in [-0.1, -0.05) is 6.08 Å². The topological polar surface area (TPSA) is 176 Å². The number of piperazine rings is 1. The zero-order valence-electron chi connectivity index (χ0n) is 25.1. The molecule has 3 aliphatic rings. The number of nitrogens with zero attached hydrogens (tertiary/aromatic N) is 9. The molecule has 3 N–H and O–H groups in total. The lowest BCUT2D eigenvalue weighted by atomic mass is 9.96. The monoisotopic (exact) mass is 629 g/mol. The van der Waals surface area contributed by atoms with Gasteiger partial charge in [-0.05, 0) is 25.8 Å². The van der Waals surface area contributed by atoms with E-state index >= 15 is 0 Å². The molecule has 5 rings (SSSR count). The minimum Gasteiger partial charge on any atom is -0.378 e. The van der Waals surface area contributed by atoms with Crippen molar-refractivity contribution in [2.45, 2.75) is 26.2 Å². The van der Waals surface area contributed by atoms with E-state index in [1.165, 1.54) is 12.3 Å². The second-order valence-corrected chi connectivity index (χ2v) is 10.9. The van der Waals surface area contributed by atoms with Crippen molar-refractivity contribution < 1.29 is 27.9 Å². The van der Waals surface area contributed by atoms with Crippen LogP contribution in [0.25, 0.3) is 11.4 Å². The molecule has 0 saturated carbocycles. The summed E-state index contributed by atoms with van der Waals surface area (Å²) >= 11 is 0. The van der Waals surface area contributed by atoms with Gasteiger partial charge < -0.3 is 35.4 Å². The summed E-state index contributed by atoms with van der Waals surface area (Å²) in [6, 6.07) is 0. The summed E-state index contributed by atoms with van der Waals surface area (Å²) in [6.07, 6.45) is 2.56. The number of aromatic nitrogens is 5. The Morgan fingerprint density at radius 2 is 1.60 bits per heavy atom. The van der Waals surface area contributed by atoms with Gasteiger partial charge in [0.1, 0.15) is 5.69 Å². The van der Waals surface area contributed by atoms with Crippen LogP contribution in [0.4, 0.5) is 26.6 Å². The Balaban J connectivity index is 1.21. The van der Waals surface area contributed by atoms with E-state index in [4.69, 9.17) is 10.5 Å². The fourth-order valence-electron chi connectivity index (χ4n) is 5.45. The van der Waals surface area contributed by atoms with E-state index in [-0.39, 0.29) is 53.5 Å². The quantitative estimate of drug-likeness (QED) is 0.382. The molecule has 45 heavy (non-hydrogen) atoms. The number of alkyl halides is 2. The normalized spacial score (nSPS) is 18.1. The van der Waals surface area contributed by atoms with Crippen molar-refractivity contribution >= 4 is 35.6 Å². The standard InChI is InChI=1S/C28H37F2N11O4/c1-2-3-20(42)38-6-4-18(5-7-38)25(44)32-17-21(43)39-8-10-40(11-9-39)27-35-24(19-16-33-26(31)34-22(19)23(29)30)36-28(37-27)41-12-14-45-15-13-41/h2-3,16,18,23H,4-15,17H2,1H3,(H,32,44)(H2,31,33,34)/b3-2+. The molecule has 5 heterocycles. The smallest absolute Gasteiger partial charge is 0.281 e. The molecular formula is C28H37F2N11O4. The van der Waals surface area contributed by atoms with Gasteiger partial charge in [0, 0.05) is 64.5 Å². The lowest BCUT2D eigenvalue weighted by Crippen LogP contribution is -2.52. The van der Waals surface area contributed by atoms with Crippen molar-refractivity contribution in [3.05, 3.63) is 24.0 Å². The number of nitrogen functional groups attached to an aromatic ring is 1. The van der Waals surface area contributed by atoms with E-state index < -0.39 is 12.1 Å². The highest BCUT2D eigenvalue weighted by Crippen LogP contribution is 2.30. The number of carbonyl (C=O) groups is 3. The first-order valence-corrected chi connectivity index (χ1v) is 14.9. The number of allylic oxidation sites excluding steroid dienone is 1. The van der Waals surface area contributed by atoms with Crippen LogP contribution in [0.15, 0.2) is 18.3 Å². The van der Waals surface area contributed by atoms with Gasteiger partial charge in [0.25, 0.3) is 6.43 Å². The third-order valence-corrected chi connectivity index (χ3v) is 8.01. The summed E-state index contributed by atoms with van der Waals surface area (Å²) in [7, 11) is 0. The minimum atomic E-state index is -2.92. The number of morpholine rings is 1. The number of amides is 3. The van der Waals surface area contributed by atoms with Crippen LogP contribution in [0, 0.1) is 5.92 Å². The van der Waals surface area contributed by atoms with Gasteiger partial charge in [-0.3, -0.25) is 14.4 Å². The average molecular weight is 630 g/mol. The first kappa shape index (κ1) is 31.9. The zero-order valence-corrected chi connectivity index (χ0v) is 25.1.